The zero-order chi connectivity index (χ0) is 13.6. The number of nitrogens with two attached hydrogens (primary N) is 1. The van der Waals surface area contributed by atoms with E-state index >= 15 is 0 Å². The van der Waals surface area contributed by atoms with Gasteiger partial charge in [0.2, 0.25) is 5.95 Å². The Morgan fingerprint density at radius 1 is 1.37 bits per heavy atom. The van der Waals surface area contributed by atoms with Crippen molar-refractivity contribution in [3.8, 4) is 0 Å². The van der Waals surface area contributed by atoms with Gasteiger partial charge in [-0.05, 0) is 26.0 Å². The van der Waals surface area contributed by atoms with Crippen molar-refractivity contribution in [3.05, 3.63) is 40.2 Å². The van der Waals surface area contributed by atoms with Crippen molar-refractivity contribution < 1.29 is 4.52 Å². The molecule has 0 spiro atoms. The van der Waals surface area contributed by atoms with Gasteiger partial charge in [-0.15, -0.1) is 0 Å². The fourth-order valence-corrected chi connectivity index (χ4v) is 2.48. The van der Waals surface area contributed by atoms with Crippen molar-refractivity contribution in [3.63, 3.8) is 0 Å². The van der Waals surface area contributed by atoms with Crippen LogP contribution >= 0.6 is 11.6 Å². The predicted octanol–water partition coefficient (Wildman–Crippen LogP) is 2.93. The number of nitrogens with zero attached hydrogens (tertiary/aromatic N) is 3. The van der Waals surface area contributed by atoms with Crippen LogP contribution in [0.15, 0.2) is 22.7 Å². The lowest BCUT2D eigenvalue weighted by Crippen LogP contribution is -2.06. The van der Waals surface area contributed by atoms with E-state index in [0.717, 1.165) is 28.1 Å². The first-order valence-electron chi connectivity index (χ1n) is 5.90. The van der Waals surface area contributed by atoms with Gasteiger partial charge in [0.15, 0.2) is 0 Å². The molecule has 0 saturated heterocycles. The summed E-state index contributed by atoms with van der Waals surface area (Å²) in [5, 5.41) is 4.58. The molecule has 0 bridgehead atoms. The van der Waals surface area contributed by atoms with Gasteiger partial charge >= 0.3 is 0 Å². The van der Waals surface area contributed by atoms with Gasteiger partial charge < -0.3 is 14.8 Å². The molecule has 2 heterocycles. The standard InChI is InChI=1S/C13H13ClN4O/c1-7-9(8(2)19-17-7)6-18-12-10(14)4-3-5-11(12)16-13(18)15/h3-5H,6H2,1-2H3,(H2,15,16). The largest absolute Gasteiger partial charge is 0.369 e. The number of fused-ring (bicyclic) bond motifs is 1. The van der Waals surface area contributed by atoms with Crippen molar-refractivity contribution in [1.29, 1.82) is 0 Å². The van der Waals surface area contributed by atoms with Crippen LogP contribution in [0.3, 0.4) is 0 Å². The number of hydrogen-bond acceptors (Lipinski definition) is 4. The summed E-state index contributed by atoms with van der Waals surface area (Å²) in [6.07, 6.45) is 0. The monoisotopic (exact) mass is 276 g/mol. The fourth-order valence-electron chi connectivity index (χ4n) is 2.21. The lowest BCUT2D eigenvalue weighted by atomic mass is 10.2. The number of rotatable bonds is 2. The lowest BCUT2D eigenvalue weighted by Gasteiger charge is -2.07. The zero-order valence-electron chi connectivity index (χ0n) is 10.6. The summed E-state index contributed by atoms with van der Waals surface area (Å²) in [5.41, 5.74) is 9.46. The van der Waals surface area contributed by atoms with E-state index in [1.54, 1.807) is 0 Å². The Morgan fingerprint density at radius 2 is 2.16 bits per heavy atom. The smallest absolute Gasteiger partial charge is 0.201 e. The second-order valence-corrected chi connectivity index (χ2v) is 4.87. The number of aromatic nitrogens is 3. The minimum atomic E-state index is 0.433. The first-order valence-corrected chi connectivity index (χ1v) is 6.27. The lowest BCUT2D eigenvalue weighted by molar-refractivity contribution is 0.392. The number of anilines is 1. The molecule has 2 N–H and O–H groups in total. The van der Waals surface area contributed by atoms with E-state index in [1.165, 1.54) is 0 Å². The van der Waals surface area contributed by atoms with Crippen LogP contribution in [0.2, 0.25) is 5.02 Å². The van der Waals surface area contributed by atoms with Gasteiger partial charge in [-0.25, -0.2) is 4.98 Å². The van der Waals surface area contributed by atoms with E-state index in [2.05, 4.69) is 10.1 Å². The Hall–Kier alpha value is -2.01. The van der Waals surface area contributed by atoms with Crippen molar-refractivity contribution in [2.75, 3.05) is 5.73 Å². The first kappa shape index (κ1) is 12.0. The summed E-state index contributed by atoms with van der Waals surface area (Å²) in [5.74, 6) is 1.22. The Labute approximate surface area is 115 Å². The third-order valence-electron chi connectivity index (χ3n) is 3.24. The van der Waals surface area contributed by atoms with Crippen molar-refractivity contribution >= 4 is 28.6 Å². The quantitative estimate of drug-likeness (QED) is 0.781. The molecule has 0 fully saturated rings. The molecule has 0 amide bonds. The number of benzene rings is 1. The third-order valence-corrected chi connectivity index (χ3v) is 3.55. The number of halogens is 1. The molecule has 3 rings (SSSR count). The van der Waals surface area contributed by atoms with Gasteiger partial charge in [-0.2, -0.15) is 0 Å². The predicted molar refractivity (Wildman–Crippen MR) is 74.2 cm³/mol. The minimum absolute atomic E-state index is 0.433. The summed E-state index contributed by atoms with van der Waals surface area (Å²) in [6.45, 7) is 4.34. The molecule has 0 aliphatic rings. The molecule has 0 aliphatic carbocycles. The van der Waals surface area contributed by atoms with E-state index < -0.39 is 0 Å². The van der Waals surface area contributed by atoms with E-state index in [-0.39, 0.29) is 0 Å². The van der Waals surface area contributed by atoms with Gasteiger partial charge in [0.25, 0.3) is 0 Å². The van der Waals surface area contributed by atoms with E-state index in [4.69, 9.17) is 21.9 Å². The fraction of sp³-hybridized carbons (Fsp3) is 0.231. The normalized spacial score (nSPS) is 11.3. The maximum atomic E-state index is 6.24. The molecule has 6 heteroatoms. The Morgan fingerprint density at radius 3 is 2.84 bits per heavy atom. The summed E-state index contributed by atoms with van der Waals surface area (Å²) in [4.78, 5) is 4.32. The number of aryl methyl sites for hydroxylation is 2. The molecule has 0 atom stereocenters. The van der Waals surface area contributed by atoms with Crippen LogP contribution < -0.4 is 5.73 Å². The Bertz CT molecular complexity index is 740. The Balaban J connectivity index is 2.18. The van der Waals surface area contributed by atoms with E-state index in [1.807, 2.05) is 36.6 Å². The van der Waals surface area contributed by atoms with Crippen LogP contribution in [0.25, 0.3) is 11.0 Å². The highest BCUT2D eigenvalue weighted by atomic mass is 35.5. The highest BCUT2D eigenvalue weighted by Crippen LogP contribution is 2.27. The van der Waals surface area contributed by atoms with Crippen LogP contribution in [0.5, 0.6) is 0 Å². The summed E-state index contributed by atoms with van der Waals surface area (Å²) in [6, 6.07) is 5.58. The van der Waals surface area contributed by atoms with Crippen molar-refractivity contribution in [1.82, 2.24) is 14.7 Å². The molecule has 0 saturated carbocycles. The van der Waals surface area contributed by atoms with Crippen molar-refractivity contribution in [2.45, 2.75) is 20.4 Å². The summed E-state index contributed by atoms with van der Waals surface area (Å²) in [7, 11) is 0. The van der Waals surface area contributed by atoms with Gasteiger partial charge in [-0.1, -0.05) is 22.8 Å². The van der Waals surface area contributed by atoms with Crippen LogP contribution in [0.1, 0.15) is 17.0 Å². The average Bonchev–Trinajstić information content (AvgIpc) is 2.85. The number of para-hydroxylation sites is 1. The first-order chi connectivity index (χ1) is 9.08. The summed E-state index contributed by atoms with van der Waals surface area (Å²) < 4.78 is 7.05. The molecular weight excluding hydrogens is 264 g/mol. The molecular formula is C13H13ClN4O. The van der Waals surface area contributed by atoms with Gasteiger partial charge in [-0.3, -0.25) is 0 Å². The molecule has 3 aromatic rings. The van der Waals surface area contributed by atoms with E-state index in [0.29, 0.717) is 17.5 Å². The van der Waals surface area contributed by atoms with Gasteiger partial charge in [0.05, 0.1) is 28.3 Å². The Kier molecular flexibility index (Phi) is 2.71. The minimum Gasteiger partial charge on any atom is -0.369 e. The molecule has 0 aliphatic heterocycles. The third kappa shape index (κ3) is 1.86. The molecule has 0 radical (unpaired) electrons. The van der Waals surface area contributed by atoms with E-state index in [9.17, 15) is 0 Å². The van der Waals surface area contributed by atoms with Crippen molar-refractivity contribution in [2.24, 2.45) is 0 Å². The highest BCUT2D eigenvalue weighted by Gasteiger charge is 2.15. The highest BCUT2D eigenvalue weighted by molar-refractivity contribution is 6.35. The van der Waals surface area contributed by atoms with Crippen LogP contribution in [-0.2, 0) is 6.54 Å². The zero-order valence-corrected chi connectivity index (χ0v) is 11.4. The molecule has 19 heavy (non-hydrogen) atoms. The molecule has 2 aromatic heterocycles. The number of imidazole rings is 1. The van der Waals surface area contributed by atoms with Gasteiger partial charge in [0, 0.05) is 5.56 Å². The molecule has 5 nitrogen and oxygen atoms in total. The van der Waals surface area contributed by atoms with Gasteiger partial charge in [0.1, 0.15) is 5.76 Å². The van der Waals surface area contributed by atoms with Crippen LogP contribution in [-0.4, -0.2) is 14.7 Å². The summed E-state index contributed by atoms with van der Waals surface area (Å²) >= 11 is 6.24. The molecule has 98 valence electrons. The average molecular weight is 277 g/mol. The maximum Gasteiger partial charge on any atom is 0.201 e. The topological polar surface area (TPSA) is 69.9 Å². The molecule has 1 aromatic carbocycles. The number of nitrogen functional groups attached to an aromatic ring is 1. The van der Waals surface area contributed by atoms with Crippen LogP contribution in [0, 0.1) is 13.8 Å². The SMILES string of the molecule is Cc1noc(C)c1Cn1c(N)nc2cccc(Cl)c21. The number of hydrogen-bond donors (Lipinski definition) is 1. The van der Waals surface area contributed by atoms with Crippen LogP contribution in [0.4, 0.5) is 5.95 Å². The molecule has 0 unspecified atom stereocenters. The maximum absolute atomic E-state index is 6.24. The second-order valence-electron chi connectivity index (χ2n) is 4.47. The second kappa shape index (κ2) is 4.28.